The number of alkyl halides is 2. The summed E-state index contributed by atoms with van der Waals surface area (Å²) in [6, 6.07) is 12.7. The fourth-order valence-electron chi connectivity index (χ4n) is 7.90. The van der Waals surface area contributed by atoms with Gasteiger partial charge in [-0.2, -0.15) is 0 Å². The second-order valence-corrected chi connectivity index (χ2v) is 19.2. The van der Waals surface area contributed by atoms with Crippen LogP contribution in [0.25, 0.3) is 28.4 Å². The van der Waals surface area contributed by atoms with Crippen molar-refractivity contribution in [1.82, 2.24) is 35.1 Å². The SMILES string of the molecule is CC(C)(C)[C@@H]1Nc2nnc(o2)CCCCC/C=C/c2cccc(c2)-c2nc3ccccc3nc2O[C@@H]2C[C@@H](C(=O)N[C@]3(C(=O)NS(=O)(=O)C4CC4)C[C@H]3C(F)F)N(C2)C1=O. The Hall–Kier alpha value is -5.52. The number of fused-ring (bicyclic) bond motifs is 9. The number of hydrogen-bond acceptors (Lipinski definition) is 12. The summed E-state index contributed by atoms with van der Waals surface area (Å²) in [7, 11) is -4.13. The third kappa shape index (κ3) is 8.69. The average Bonchev–Trinajstić information content (AvgIpc) is 4.10. The first-order valence-electron chi connectivity index (χ1n) is 20.4. The molecule has 1 saturated heterocycles. The van der Waals surface area contributed by atoms with Crippen molar-refractivity contribution in [3.63, 3.8) is 0 Å². The number of para-hydroxylation sites is 2. The second-order valence-electron chi connectivity index (χ2n) is 17.2. The smallest absolute Gasteiger partial charge is 0.316 e. The molecular formula is C42H48F2N8O7S. The van der Waals surface area contributed by atoms with Crippen LogP contribution < -0.4 is 20.1 Å². The zero-order chi connectivity index (χ0) is 42.4. The third-order valence-electron chi connectivity index (χ3n) is 11.5. The molecule has 3 N–H and O–H groups in total. The maximum absolute atomic E-state index is 14.8. The number of carbonyl (C=O) groups is 3. The Bertz CT molecular complexity index is 2440. The monoisotopic (exact) mass is 846 g/mol. The van der Waals surface area contributed by atoms with Gasteiger partial charge in [-0.1, -0.05) is 74.8 Å². The van der Waals surface area contributed by atoms with E-state index in [1.54, 1.807) is 6.07 Å². The van der Waals surface area contributed by atoms with Crippen LogP contribution >= 0.6 is 0 Å². The average molecular weight is 847 g/mol. The lowest BCUT2D eigenvalue weighted by Gasteiger charge is -2.35. The molecule has 2 aromatic heterocycles. The van der Waals surface area contributed by atoms with Gasteiger partial charge in [-0.05, 0) is 67.7 Å². The normalized spacial score (nSPS) is 25.6. The van der Waals surface area contributed by atoms with E-state index in [2.05, 4.69) is 26.9 Å². The predicted octanol–water partition coefficient (Wildman–Crippen LogP) is 5.43. The van der Waals surface area contributed by atoms with E-state index in [1.165, 1.54) is 4.90 Å². The highest BCUT2D eigenvalue weighted by Gasteiger charge is 2.67. The van der Waals surface area contributed by atoms with Gasteiger partial charge in [0, 0.05) is 18.4 Å². The van der Waals surface area contributed by atoms with Crippen molar-refractivity contribution < 1.29 is 40.7 Å². The Labute approximate surface area is 346 Å². The molecule has 0 unspecified atom stereocenters. The summed E-state index contributed by atoms with van der Waals surface area (Å²) in [5.74, 6) is -3.80. The van der Waals surface area contributed by atoms with Gasteiger partial charge >= 0.3 is 6.01 Å². The van der Waals surface area contributed by atoms with Crippen LogP contribution in [-0.4, -0.2) is 93.2 Å². The molecule has 15 nitrogen and oxygen atoms in total. The Balaban J connectivity index is 1.17. The molecule has 4 aliphatic rings. The lowest BCUT2D eigenvalue weighted by atomic mass is 9.85. The fourth-order valence-corrected chi connectivity index (χ4v) is 9.26. The number of halogens is 2. The number of carbonyl (C=O) groups excluding carboxylic acids is 3. The molecule has 6 bridgehead atoms. The van der Waals surface area contributed by atoms with Crippen LogP contribution in [0.2, 0.25) is 0 Å². The van der Waals surface area contributed by atoms with Crippen LogP contribution in [-0.2, 0) is 30.8 Å². The molecule has 318 valence electrons. The zero-order valence-corrected chi connectivity index (χ0v) is 34.4. The van der Waals surface area contributed by atoms with Gasteiger partial charge in [0.2, 0.25) is 40.0 Å². The summed E-state index contributed by atoms with van der Waals surface area (Å²) in [4.78, 5) is 53.9. The fraction of sp³-hybridized carbons (Fsp3) is 0.500. The van der Waals surface area contributed by atoms with E-state index >= 15 is 0 Å². The maximum atomic E-state index is 14.8. The molecule has 3 fully saturated rings. The highest BCUT2D eigenvalue weighted by Crippen LogP contribution is 2.48. The number of ether oxygens (including phenoxy) is 1. The largest absolute Gasteiger partial charge is 0.471 e. The van der Waals surface area contributed by atoms with Crippen molar-refractivity contribution in [2.75, 3.05) is 11.9 Å². The Kier molecular flexibility index (Phi) is 11.1. The minimum absolute atomic E-state index is 0.0128. The summed E-state index contributed by atoms with van der Waals surface area (Å²) >= 11 is 0. The van der Waals surface area contributed by atoms with Crippen molar-refractivity contribution >= 4 is 50.9 Å². The number of nitrogens with zero attached hydrogens (tertiary/aromatic N) is 5. The number of nitrogens with one attached hydrogen (secondary N) is 3. The van der Waals surface area contributed by atoms with E-state index in [4.69, 9.17) is 19.1 Å². The quantitative estimate of drug-likeness (QED) is 0.223. The number of aromatic nitrogens is 4. The first kappa shape index (κ1) is 41.2. The lowest BCUT2D eigenvalue weighted by Crippen LogP contribution is -2.59. The molecule has 2 aliphatic carbocycles. The molecule has 0 radical (unpaired) electrons. The molecule has 18 heteroatoms. The highest BCUT2D eigenvalue weighted by molar-refractivity contribution is 7.91. The summed E-state index contributed by atoms with van der Waals surface area (Å²) in [6.45, 7) is 5.31. The molecule has 60 heavy (non-hydrogen) atoms. The number of benzene rings is 2. The molecule has 0 spiro atoms. The molecule has 2 aromatic carbocycles. The van der Waals surface area contributed by atoms with Crippen LogP contribution in [0.4, 0.5) is 14.8 Å². The maximum Gasteiger partial charge on any atom is 0.316 e. The van der Waals surface area contributed by atoms with Crippen molar-refractivity contribution in [2.24, 2.45) is 11.3 Å². The van der Waals surface area contributed by atoms with Crippen molar-refractivity contribution in [3.05, 3.63) is 66.1 Å². The molecule has 3 amide bonds. The van der Waals surface area contributed by atoms with Crippen LogP contribution in [0.3, 0.4) is 0 Å². The minimum Gasteiger partial charge on any atom is -0.471 e. The summed E-state index contributed by atoms with van der Waals surface area (Å²) in [6.07, 6.45) is 4.37. The number of amides is 3. The number of rotatable bonds is 6. The summed E-state index contributed by atoms with van der Waals surface area (Å²) in [5, 5.41) is 13.1. The van der Waals surface area contributed by atoms with E-state index in [0.717, 1.165) is 36.8 Å². The van der Waals surface area contributed by atoms with Gasteiger partial charge in [0.15, 0.2) is 0 Å². The summed E-state index contributed by atoms with van der Waals surface area (Å²) < 4.78 is 68.5. The Morgan fingerprint density at radius 3 is 2.50 bits per heavy atom. The minimum atomic E-state index is -4.13. The topological polar surface area (TPSA) is 199 Å². The molecule has 4 heterocycles. The second kappa shape index (κ2) is 16.2. The number of aryl methyl sites for hydroxylation is 1. The van der Waals surface area contributed by atoms with Crippen LogP contribution in [0.5, 0.6) is 5.88 Å². The Morgan fingerprint density at radius 2 is 1.78 bits per heavy atom. The molecule has 2 aliphatic heterocycles. The van der Waals surface area contributed by atoms with Crippen LogP contribution in [0, 0.1) is 11.3 Å². The van der Waals surface area contributed by atoms with Gasteiger partial charge in [0.05, 0.1) is 28.7 Å². The van der Waals surface area contributed by atoms with Gasteiger partial charge in [0.25, 0.3) is 5.91 Å². The third-order valence-corrected chi connectivity index (χ3v) is 13.3. The van der Waals surface area contributed by atoms with Crippen LogP contribution in [0.15, 0.2) is 59.0 Å². The molecule has 4 aromatic rings. The molecule has 2 saturated carbocycles. The highest BCUT2D eigenvalue weighted by atomic mass is 32.2. The first-order valence-corrected chi connectivity index (χ1v) is 21.9. The molecule has 5 atom stereocenters. The van der Waals surface area contributed by atoms with E-state index in [1.807, 2.05) is 74.0 Å². The number of anilines is 1. The van der Waals surface area contributed by atoms with Gasteiger partial charge in [-0.25, -0.2) is 27.2 Å². The lowest BCUT2D eigenvalue weighted by molar-refractivity contribution is -0.141. The molecular weight excluding hydrogens is 799 g/mol. The number of hydrogen-bond donors (Lipinski definition) is 3. The summed E-state index contributed by atoms with van der Waals surface area (Å²) in [5.41, 5.74) is 0.257. The van der Waals surface area contributed by atoms with E-state index in [-0.39, 0.29) is 24.9 Å². The van der Waals surface area contributed by atoms with Gasteiger partial charge in [-0.15, -0.1) is 5.10 Å². The van der Waals surface area contributed by atoms with Crippen molar-refractivity contribution in [1.29, 1.82) is 0 Å². The predicted molar refractivity (Wildman–Crippen MR) is 217 cm³/mol. The van der Waals surface area contributed by atoms with Gasteiger partial charge in [-0.3, -0.25) is 19.1 Å². The van der Waals surface area contributed by atoms with E-state index < -0.39 is 80.9 Å². The molecule has 8 rings (SSSR count). The zero-order valence-electron chi connectivity index (χ0n) is 33.6. The Morgan fingerprint density at radius 1 is 1.02 bits per heavy atom. The first-order chi connectivity index (χ1) is 28.6. The van der Waals surface area contributed by atoms with E-state index in [9.17, 15) is 31.6 Å². The number of allylic oxidation sites excluding steroid dienone is 1. The standard InChI is InChI=1S/C42H48F2N8O7S/c1-41(2,3)34-38(54)52-23-26(21-31(52)36(53)48-42(22-28(42)35(43)44)39(55)51-60(56,57)27-18-19-27)58-37-33(45-29-15-9-10-16-30(29)46-37)25-14-11-13-24(20-25)12-7-5-4-6-8-17-32-49-50-40(47-34)59-32/h7,9-16,20,26-28,31,34-35H,4-6,8,17-19,21-23H2,1-3H3,(H,47,50)(H,48,53)(H,51,55)/b12-7+/t26-,28+,31+,34-,42-/m1/s1. The number of sulfonamides is 1. The van der Waals surface area contributed by atoms with Crippen molar-refractivity contribution in [3.8, 4) is 17.1 Å². The van der Waals surface area contributed by atoms with Gasteiger partial charge in [0.1, 0.15) is 29.4 Å². The van der Waals surface area contributed by atoms with Gasteiger partial charge < -0.3 is 24.7 Å². The van der Waals surface area contributed by atoms with E-state index in [0.29, 0.717) is 41.9 Å². The van der Waals surface area contributed by atoms with Crippen LogP contribution in [0.1, 0.15) is 83.6 Å². The van der Waals surface area contributed by atoms with Crippen molar-refractivity contribution in [2.45, 2.75) is 114 Å².